The van der Waals surface area contributed by atoms with Crippen LogP contribution >= 0.6 is 11.3 Å². The Balaban J connectivity index is 2.44. The summed E-state index contributed by atoms with van der Waals surface area (Å²) in [5, 5.41) is 2.02. The highest BCUT2D eigenvalue weighted by Gasteiger charge is 2.11. The summed E-state index contributed by atoms with van der Waals surface area (Å²) in [5.41, 5.74) is 0. The Morgan fingerprint density at radius 2 is 2.33 bits per heavy atom. The van der Waals surface area contributed by atoms with E-state index in [0.29, 0.717) is 13.2 Å². The summed E-state index contributed by atoms with van der Waals surface area (Å²) < 4.78 is 5.11. The van der Waals surface area contributed by atoms with Gasteiger partial charge in [0.2, 0.25) is 5.91 Å². The van der Waals surface area contributed by atoms with Crippen molar-refractivity contribution in [2.45, 2.75) is 20.4 Å². The zero-order valence-corrected chi connectivity index (χ0v) is 10.0. The van der Waals surface area contributed by atoms with Crippen molar-refractivity contribution in [3.63, 3.8) is 0 Å². The lowest BCUT2D eigenvalue weighted by molar-refractivity contribution is -0.136. The number of ether oxygens (including phenoxy) is 1. The highest BCUT2D eigenvalue weighted by molar-refractivity contribution is 7.09. The van der Waals surface area contributed by atoms with E-state index in [4.69, 9.17) is 4.74 Å². The van der Waals surface area contributed by atoms with E-state index in [-0.39, 0.29) is 12.5 Å². The predicted molar refractivity (Wildman–Crippen MR) is 61.9 cm³/mol. The first-order chi connectivity index (χ1) is 7.27. The fourth-order valence-electron chi connectivity index (χ4n) is 1.25. The highest BCUT2D eigenvalue weighted by atomic mass is 32.1. The average Bonchev–Trinajstić information content (AvgIpc) is 2.75. The van der Waals surface area contributed by atoms with Gasteiger partial charge in [-0.05, 0) is 25.3 Å². The molecule has 0 radical (unpaired) electrons. The average molecular weight is 227 g/mol. The fraction of sp³-hybridized carbons (Fsp3) is 0.545. The van der Waals surface area contributed by atoms with Gasteiger partial charge in [-0.2, -0.15) is 0 Å². The Bertz CT molecular complexity index is 285. The van der Waals surface area contributed by atoms with E-state index in [1.165, 1.54) is 4.88 Å². The molecule has 0 saturated carbocycles. The summed E-state index contributed by atoms with van der Waals surface area (Å²) in [6.07, 6.45) is 0. The molecule has 0 aliphatic carbocycles. The molecule has 0 bridgehead atoms. The van der Waals surface area contributed by atoms with E-state index in [1.807, 2.05) is 36.3 Å². The van der Waals surface area contributed by atoms with Crippen LogP contribution in [0, 0.1) is 0 Å². The molecule has 84 valence electrons. The molecule has 1 rings (SSSR count). The van der Waals surface area contributed by atoms with E-state index in [9.17, 15) is 4.79 Å². The molecule has 0 unspecified atom stereocenters. The zero-order valence-electron chi connectivity index (χ0n) is 9.23. The van der Waals surface area contributed by atoms with Crippen LogP contribution in [0.25, 0.3) is 0 Å². The third-order valence-corrected chi connectivity index (χ3v) is 2.95. The minimum Gasteiger partial charge on any atom is -0.372 e. The van der Waals surface area contributed by atoms with E-state index in [0.717, 1.165) is 6.54 Å². The smallest absolute Gasteiger partial charge is 0.248 e. The molecule has 0 saturated heterocycles. The van der Waals surface area contributed by atoms with Gasteiger partial charge in [0.1, 0.15) is 6.61 Å². The fourth-order valence-corrected chi connectivity index (χ4v) is 1.97. The summed E-state index contributed by atoms with van der Waals surface area (Å²) in [6.45, 7) is 6.07. The molecule has 0 aliphatic heterocycles. The summed E-state index contributed by atoms with van der Waals surface area (Å²) in [4.78, 5) is 14.7. The van der Waals surface area contributed by atoms with Crippen molar-refractivity contribution in [1.29, 1.82) is 0 Å². The van der Waals surface area contributed by atoms with Gasteiger partial charge in [-0.3, -0.25) is 4.79 Å². The summed E-state index contributed by atoms with van der Waals surface area (Å²) in [7, 11) is 0. The third-order valence-electron chi connectivity index (χ3n) is 2.09. The van der Waals surface area contributed by atoms with Gasteiger partial charge < -0.3 is 9.64 Å². The molecule has 0 atom stereocenters. The Morgan fingerprint density at radius 3 is 2.87 bits per heavy atom. The summed E-state index contributed by atoms with van der Waals surface area (Å²) >= 11 is 1.67. The number of carbonyl (C=O) groups is 1. The second kappa shape index (κ2) is 6.58. The molecule has 1 amide bonds. The summed E-state index contributed by atoms with van der Waals surface area (Å²) in [5.74, 6) is 0.0627. The van der Waals surface area contributed by atoms with Gasteiger partial charge in [0.25, 0.3) is 0 Å². The molecule has 3 nitrogen and oxygen atoms in total. The van der Waals surface area contributed by atoms with Crippen LogP contribution in [0.2, 0.25) is 0 Å². The molecule has 0 aromatic carbocycles. The van der Waals surface area contributed by atoms with Crippen molar-refractivity contribution in [2.24, 2.45) is 0 Å². The number of carbonyl (C=O) groups excluding carboxylic acids is 1. The summed E-state index contributed by atoms with van der Waals surface area (Å²) in [6, 6.07) is 4.04. The first-order valence-electron chi connectivity index (χ1n) is 5.15. The van der Waals surface area contributed by atoms with Crippen molar-refractivity contribution in [1.82, 2.24) is 4.90 Å². The molecule has 4 heteroatoms. The van der Waals surface area contributed by atoms with E-state index in [1.54, 1.807) is 11.3 Å². The van der Waals surface area contributed by atoms with Gasteiger partial charge in [0.15, 0.2) is 0 Å². The molecular weight excluding hydrogens is 210 g/mol. The Morgan fingerprint density at radius 1 is 1.53 bits per heavy atom. The monoisotopic (exact) mass is 227 g/mol. The number of hydrogen-bond acceptors (Lipinski definition) is 3. The van der Waals surface area contributed by atoms with Crippen molar-refractivity contribution in [3.05, 3.63) is 22.4 Å². The lowest BCUT2D eigenvalue weighted by Crippen LogP contribution is -2.33. The van der Waals surface area contributed by atoms with Crippen molar-refractivity contribution < 1.29 is 9.53 Å². The number of hydrogen-bond donors (Lipinski definition) is 0. The van der Waals surface area contributed by atoms with Gasteiger partial charge in [0, 0.05) is 18.0 Å². The Hall–Kier alpha value is -0.870. The molecule has 0 aliphatic rings. The standard InChI is InChI=1S/C11H17NO2S/c1-3-12(11(13)9-14-4-2)8-10-6-5-7-15-10/h5-7H,3-4,8-9H2,1-2H3. The van der Waals surface area contributed by atoms with E-state index in [2.05, 4.69) is 0 Å². The molecule has 15 heavy (non-hydrogen) atoms. The number of likely N-dealkylation sites (N-methyl/N-ethyl adjacent to an activating group) is 1. The molecular formula is C11H17NO2S. The maximum Gasteiger partial charge on any atom is 0.248 e. The Labute approximate surface area is 94.7 Å². The number of nitrogens with zero attached hydrogens (tertiary/aromatic N) is 1. The van der Waals surface area contributed by atoms with Gasteiger partial charge in [-0.1, -0.05) is 6.07 Å². The SMILES string of the molecule is CCOCC(=O)N(CC)Cc1cccs1. The van der Waals surface area contributed by atoms with Crippen LogP contribution in [-0.4, -0.2) is 30.6 Å². The molecule has 0 spiro atoms. The van der Waals surface area contributed by atoms with Gasteiger partial charge in [-0.15, -0.1) is 11.3 Å². The largest absolute Gasteiger partial charge is 0.372 e. The van der Waals surface area contributed by atoms with Crippen LogP contribution in [0.15, 0.2) is 17.5 Å². The topological polar surface area (TPSA) is 29.5 Å². The zero-order chi connectivity index (χ0) is 11.1. The van der Waals surface area contributed by atoms with E-state index >= 15 is 0 Å². The number of thiophene rings is 1. The second-order valence-electron chi connectivity index (χ2n) is 3.12. The Kier molecular flexibility index (Phi) is 5.36. The predicted octanol–water partition coefficient (Wildman–Crippen LogP) is 2.13. The normalized spacial score (nSPS) is 10.3. The number of amides is 1. The second-order valence-corrected chi connectivity index (χ2v) is 4.16. The van der Waals surface area contributed by atoms with Crippen LogP contribution in [0.4, 0.5) is 0 Å². The number of rotatable bonds is 6. The van der Waals surface area contributed by atoms with Gasteiger partial charge in [0.05, 0.1) is 6.54 Å². The first-order valence-corrected chi connectivity index (χ1v) is 6.03. The van der Waals surface area contributed by atoms with Crippen molar-refractivity contribution in [2.75, 3.05) is 19.8 Å². The maximum absolute atomic E-state index is 11.7. The van der Waals surface area contributed by atoms with E-state index < -0.39 is 0 Å². The minimum absolute atomic E-state index is 0.0627. The van der Waals surface area contributed by atoms with Gasteiger partial charge in [-0.25, -0.2) is 0 Å². The molecule has 0 fully saturated rings. The van der Waals surface area contributed by atoms with Crippen LogP contribution in [0.5, 0.6) is 0 Å². The van der Waals surface area contributed by atoms with Crippen LogP contribution in [-0.2, 0) is 16.1 Å². The molecule has 0 N–H and O–H groups in total. The lowest BCUT2D eigenvalue weighted by atomic mass is 10.4. The maximum atomic E-state index is 11.7. The van der Waals surface area contributed by atoms with Crippen LogP contribution in [0.1, 0.15) is 18.7 Å². The third kappa shape index (κ3) is 4.01. The lowest BCUT2D eigenvalue weighted by Gasteiger charge is -2.19. The minimum atomic E-state index is 0.0627. The molecule has 1 aromatic rings. The molecule has 1 heterocycles. The highest BCUT2D eigenvalue weighted by Crippen LogP contribution is 2.11. The van der Waals surface area contributed by atoms with Crippen LogP contribution in [0.3, 0.4) is 0 Å². The van der Waals surface area contributed by atoms with Gasteiger partial charge >= 0.3 is 0 Å². The first kappa shape index (κ1) is 12.2. The van der Waals surface area contributed by atoms with Crippen LogP contribution < -0.4 is 0 Å². The molecule has 1 aromatic heterocycles. The van der Waals surface area contributed by atoms with Crippen molar-refractivity contribution >= 4 is 17.2 Å². The van der Waals surface area contributed by atoms with Crippen molar-refractivity contribution in [3.8, 4) is 0 Å². The quantitative estimate of drug-likeness (QED) is 0.745.